The predicted octanol–water partition coefficient (Wildman–Crippen LogP) is 3.90. The highest BCUT2D eigenvalue weighted by Gasteiger charge is 2.27. The van der Waals surface area contributed by atoms with E-state index >= 15 is 0 Å². The molecule has 1 aliphatic rings. The number of aromatic nitrogens is 2. The van der Waals surface area contributed by atoms with Crippen LogP contribution in [0.2, 0.25) is 0 Å². The molecule has 8 heteroatoms. The van der Waals surface area contributed by atoms with Crippen LogP contribution in [0.5, 0.6) is 0 Å². The third kappa shape index (κ3) is 3.75. The molecular weight excluding hydrogens is 403 g/mol. The predicted molar refractivity (Wildman–Crippen MR) is 102 cm³/mol. The first-order valence-corrected chi connectivity index (χ1v) is 9.29. The van der Waals surface area contributed by atoms with Crippen molar-refractivity contribution in [3.05, 3.63) is 28.2 Å². The average Bonchev–Trinajstić information content (AvgIpc) is 2.58. The summed E-state index contributed by atoms with van der Waals surface area (Å²) in [7, 11) is 0. The van der Waals surface area contributed by atoms with Crippen LogP contribution in [-0.2, 0) is 4.74 Å². The number of benzene rings is 1. The SMILES string of the molecule is Cc1cc2c(N3CCN(C(=O)OC(C)(C)C)CC3)ncnc2c(F)c1Br. The molecule has 0 atom stereocenters. The number of anilines is 1. The largest absolute Gasteiger partial charge is 0.444 e. The van der Waals surface area contributed by atoms with Crippen molar-refractivity contribution in [1.29, 1.82) is 0 Å². The Labute approximate surface area is 160 Å². The normalized spacial score (nSPS) is 15.5. The fourth-order valence-corrected chi connectivity index (χ4v) is 3.23. The highest BCUT2D eigenvalue weighted by Crippen LogP contribution is 2.32. The lowest BCUT2D eigenvalue weighted by atomic mass is 10.1. The number of halogens is 2. The number of hydrogen-bond donors (Lipinski definition) is 0. The maximum absolute atomic E-state index is 14.5. The molecule has 1 aliphatic heterocycles. The first kappa shape index (κ1) is 18.8. The number of hydrogen-bond acceptors (Lipinski definition) is 5. The number of ether oxygens (including phenoxy) is 1. The van der Waals surface area contributed by atoms with Crippen molar-refractivity contribution < 1.29 is 13.9 Å². The molecule has 0 N–H and O–H groups in total. The van der Waals surface area contributed by atoms with Gasteiger partial charge in [-0.1, -0.05) is 0 Å². The van der Waals surface area contributed by atoms with Gasteiger partial charge in [-0.25, -0.2) is 19.2 Å². The van der Waals surface area contributed by atoms with Crippen molar-refractivity contribution in [3.63, 3.8) is 0 Å². The highest BCUT2D eigenvalue weighted by atomic mass is 79.9. The van der Waals surface area contributed by atoms with Gasteiger partial charge >= 0.3 is 6.09 Å². The summed E-state index contributed by atoms with van der Waals surface area (Å²) in [5.74, 6) is 0.310. The summed E-state index contributed by atoms with van der Waals surface area (Å²) in [4.78, 5) is 24.4. The molecule has 0 unspecified atom stereocenters. The standard InChI is InChI=1S/C18H22BrFN4O2/c1-11-9-12-15(14(20)13(11)19)21-10-22-16(12)23-5-7-24(8-6-23)17(25)26-18(2,3)4/h9-10H,5-8H2,1-4H3. The topological polar surface area (TPSA) is 58.6 Å². The van der Waals surface area contributed by atoms with E-state index in [1.54, 1.807) is 4.90 Å². The monoisotopic (exact) mass is 424 g/mol. The van der Waals surface area contributed by atoms with Gasteiger partial charge < -0.3 is 14.5 Å². The summed E-state index contributed by atoms with van der Waals surface area (Å²) in [5.41, 5.74) is 0.569. The lowest BCUT2D eigenvalue weighted by Crippen LogP contribution is -2.50. The minimum absolute atomic E-state index is 0.294. The van der Waals surface area contributed by atoms with E-state index in [4.69, 9.17) is 4.74 Å². The Morgan fingerprint density at radius 1 is 1.23 bits per heavy atom. The van der Waals surface area contributed by atoms with Gasteiger partial charge in [-0.3, -0.25) is 0 Å². The Hall–Kier alpha value is -1.96. The minimum Gasteiger partial charge on any atom is -0.444 e. The van der Waals surface area contributed by atoms with E-state index in [2.05, 4.69) is 30.8 Å². The van der Waals surface area contributed by atoms with Crippen molar-refractivity contribution in [3.8, 4) is 0 Å². The van der Waals surface area contributed by atoms with Crippen LogP contribution in [0.4, 0.5) is 15.0 Å². The molecule has 1 saturated heterocycles. The molecule has 1 fully saturated rings. The zero-order valence-corrected chi connectivity index (χ0v) is 16.9. The van der Waals surface area contributed by atoms with E-state index in [1.807, 2.05) is 33.8 Å². The number of amides is 1. The fourth-order valence-electron chi connectivity index (χ4n) is 2.93. The Morgan fingerprint density at radius 3 is 2.50 bits per heavy atom. The maximum atomic E-state index is 14.5. The van der Waals surface area contributed by atoms with Crippen LogP contribution in [0.1, 0.15) is 26.3 Å². The summed E-state index contributed by atoms with van der Waals surface area (Å²) < 4.78 is 20.3. The summed E-state index contributed by atoms with van der Waals surface area (Å²) in [6.07, 6.45) is 1.07. The van der Waals surface area contributed by atoms with Gasteiger partial charge in [0.1, 0.15) is 23.3 Å². The molecule has 2 aromatic rings. The van der Waals surface area contributed by atoms with Crippen LogP contribution in [0.25, 0.3) is 10.9 Å². The van der Waals surface area contributed by atoms with Crippen LogP contribution < -0.4 is 4.90 Å². The van der Waals surface area contributed by atoms with E-state index in [0.717, 1.165) is 5.56 Å². The molecule has 0 saturated carbocycles. The molecule has 1 aromatic heterocycles. The third-order valence-electron chi connectivity index (χ3n) is 4.20. The Balaban J connectivity index is 1.81. The second-order valence-corrected chi connectivity index (χ2v) is 8.16. The molecule has 6 nitrogen and oxygen atoms in total. The summed E-state index contributed by atoms with van der Waals surface area (Å²) in [6, 6.07) is 1.89. The molecule has 0 radical (unpaired) electrons. The number of rotatable bonds is 1. The quantitative estimate of drug-likeness (QED) is 0.694. The molecule has 26 heavy (non-hydrogen) atoms. The van der Waals surface area contributed by atoms with Crippen molar-refractivity contribution >= 4 is 38.7 Å². The van der Waals surface area contributed by atoms with Gasteiger partial charge in [-0.05, 0) is 55.3 Å². The summed E-state index contributed by atoms with van der Waals surface area (Å²) >= 11 is 3.26. The number of aryl methyl sites for hydroxylation is 1. The molecule has 0 aliphatic carbocycles. The lowest BCUT2D eigenvalue weighted by Gasteiger charge is -2.36. The van der Waals surface area contributed by atoms with Gasteiger partial charge in [0.2, 0.25) is 0 Å². The van der Waals surface area contributed by atoms with Gasteiger partial charge in [-0.15, -0.1) is 0 Å². The Morgan fingerprint density at radius 2 is 1.88 bits per heavy atom. The molecule has 3 rings (SSSR count). The molecular formula is C18H22BrFN4O2. The number of piperazine rings is 1. The van der Waals surface area contributed by atoms with E-state index in [0.29, 0.717) is 47.4 Å². The Kier molecular flexibility index (Phi) is 5.05. The molecule has 1 aromatic carbocycles. The second-order valence-electron chi connectivity index (χ2n) is 7.37. The zero-order valence-electron chi connectivity index (χ0n) is 15.3. The third-order valence-corrected chi connectivity index (χ3v) is 5.17. The van der Waals surface area contributed by atoms with Crippen LogP contribution in [0.15, 0.2) is 16.9 Å². The van der Waals surface area contributed by atoms with Crippen LogP contribution >= 0.6 is 15.9 Å². The number of fused-ring (bicyclic) bond motifs is 1. The molecule has 1 amide bonds. The van der Waals surface area contributed by atoms with Gasteiger partial charge in [0.25, 0.3) is 0 Å². The average molecular weight is 425 g/mol. The van der Waals surface area contributed by atoms with Crippen LogP contribution in [0, 0.1) is 12.7 Å². The molecule has 140 valence electrons. The first-order valence-electron chi connectivity index (χ1n) is 8.49. The van der Waals surface area contributed by atoms with Gasteiger partial charge in [0.15, 0.2) is 5.82 Å². The summed E-state index contributed by atoms with van der Waals surface area (Å²) in [6.45, 7) is 9.64. The Bertz CT molecular complexity index is 845. The van der Waals surface area contributed by atoms with Gasteiger partial charge in [0, 0.05) is 31.6 Å². The van der Waals surface area contributed by atoms with Crippen LogP contribution in [-0.4, -0.2) is 52.7 Å². The van der Waals surface area contributed by atoms with Crippen LogP contribution in [0.3, 0.4) is 0 Å². The smallest absolute Gasteiger partial charge is 0.410 e. The number of nitrogens with zero attached hydrogens (tertiary/aromatic N) is 4. The van der Waals surface area contributed by atoms with E-state index < -0.39 is 5.60 Å². The van der Waals surface area contributed by atoms with Crippen molar-refractivity contribution in [2.75, 3.05) is 31.1 Å². The lowest BCUT2D eigenvalue weighted by molar-refractivity contribution is 0.0240. The second kappa shape index (κ2) is 6.98. The van der Waals surface area contributed by atoms with E-state index in [-0.39, 0.29) is 11.9 Å². The zero-order chi connectivity index (χ0) is 19.1. The van der Waals surface area contributed by atoms with Crippen molar-refractivity contribution in [2.24, 2.45) is 0 Å². The number of carbonyl (C=O) groups excluding carboxylic acids is 1. The van der Waals surface area contributed by atoms with Crippen molar-refractivity contribution in [2.45, 2.75) is 33.3 Å². The fraction of sp³-hybridized carbons (Fsp3) is 0.500. The first-order chi connectivity index (χ1) is 12.2. The highest BCUT2D eigenvalue weighted by molar-refractivity contribution is 9.10. The van der Waals surface area contributed by atoms with Gasteiger partial charge in [0.05, 0.1) is 4.47 Å². The van der Waals surface area contributed by atoms with Gasteiger partial charge in [-0.2, -0.15) is 0 Å². The maximum Gasteiger partial charge on any atom is 0.410 e. The summed E-state index contributed by atoms with van der Waals surface area (Å²) in [5, 5.41) is 0.677. The molecule has 0 spiro atoms. The molecule has 2 heterocycles. The van der Waals surface area contributed by atoms with Crippen molar-refractivity contribution in [1.82, 2.24) is 14.9 Å². The van der Waals surface area contributed by atoms with E-state index in [9.17, 15) is 9.18 Å². The minimum atomic E-state index is -0.514. The number of carbonyl (C=O) groups is 1. The van der Waals surface area contributed by atoms with E-state index in [1.165, 1.54) is 6.33 Å². The molecule has 0 bridgehead atoms.